The summed E-state index contributed by atoms with van der Waals surface area (Å²) in [4.78, 5) is 25.3. The fourth-order valence-corrected chi connectivity index (χ4v) is 6.57. The van der Waals surface area contributed by atoms with Gasteiger partial charge in [0.2, 0.25) is 0 Å². The lowest BCUT2D eigenvalue weighted by Crippen LogP contribution is -2.59. The van der Waals surface area contributed by atoms with Crippen LogP contribution in [0.5, 0.6) is 0 Å². The molecule has 4 N–H and O–H groups in total. The molecular formula is C47H82O10. The molecule has 330 valence electrons. The number of aliphatic hydroxyl groups excluding tert-OH is 4. The summed E-state index contributed by atoms with van der Waals surface area (Å²) in [5.74, 6) is -0.878. The zero-order valence-corrected chi connectivity index (χ0v) is 35.8. The molecular weight excluding hydrogens is 725 g/mol. The van der Waals surface area contributed by atoms with Gasteiger partial charge in [-0.3, -0.25) is 9.59 Å². The zero-order chi connectivity index (χ0) is 41.6. The number of carbonyl (C=O) groups excluding carboxylic acids is 2. The van der Waals surface area contributed by atoms with E-state index in [1.54, 1.807) is 0 Å². The van der Waals surface area contributed by atoms with Crippen molar-refractivity contribution in [3.05, 3.63) is 48.6 Å². The van der Waals surface area contributed by atoms with Crippen molar-refractivity contribution in [1.82, 2.24) is 0 Å². The maximum Gasteiger partial charge on any atom is 0.306 e. The predicted octanol–water partition coefficient (Wildman–Crippen LogP) is 9.67. The van der Waals surface area contributed by atoms with E-state index in [1.807, 2.05) is 0 Å². The monoisotopic (exact) mass is 807 g/mol. The van der Waals surface area contributed by atoms with E-state index in [-0.39, 0.29) is 26.1 Å². The van der Waals surface area contributed by atoms with Crippen molar-refractivity contribution in [3.63, 3.8) is 0 Å². The van der Waals surface area contributed by atoms with Gasteiger partial charge in [-0.05, 0) is 64.2 Å². The van der Waals surface area contributed by atoms with Crippen LogP contribution in [0, 0.1) is 0 Å². The van der Waals surface area contributed by atoms with Gasteiger partial charge in [0.1, 0.15) is 31.0 Å². The van der Waals surface area contributed by atoms with Crippen molar-refractivity contribution in [2.45, 2.75) is 218 Å². The van der Waals surface area contributed by atoms with Gasteiger partial charge < -0.3 is 39.4 Å². The van der Waals surface area contributed by atoms with E-state index in [0.29, 0.717) is 12.8 Å². The number of unbranched alkanes of at least 4 members (excludes halogenated alkanes) is 19. The van der Waals surface area contributed by atoms with Crippen LogP contribution in [0.2, 0.25) is 0 Å². The van der Waals surface area contributed by atoms with Gasteiger partial charge in [-0.15, -0.1) is 0 Å². The number of allylic oxidation sites excluding steroid dienone is 8. The Labute approximate surface area is 346 Å². The Kier molecular flexibility index (Phi) is 35.0. The number of aliphatic hydroxyl groups is 4. The van der Waals surface area contributed by atoms with Crippen molar-refractivity contribution in [1.29, 1.82) is 0 Å². The Morgan fingerprint density at radius 3 is 1.63 bits per heavy atom. The van der Waals surface area contributed by atoms with Crippen molar-refractivity contribution in [3.8, 4) is 0 Å². The molecule has 1 heterocycles. The Balaban J connectivity index is 2.37. The van der Waals surface area contributed by atoms with E-state index in [0.717, 1.165) is 57.8 Å². The summed E-state index contributed by atoms with van der Waals surface area (Å²) in [6.07, 6.45) is 36.9. The summed E-state index contributed by atoms with van der Waals surface area (Å²) in [6, 6.07) is 0. The molecule has 0 aliphatic carbocycles. The molecule has 0 aromatic heterocycles. The maximum absolute atomic E-state index is 12.8. The molecule has 0 saturated carbocycles. The third-order valence-corrected chi connectivity index (χ3v) is 10.2. The van der Waals surface area contributed by atoms with Crippen molar-refractivity contribution in [2.24, 2.45) is 0 Å². The van der Waals surface area contributed by atoms with E-state index in [4.69, 9.17) is 18.9 Å². The van der Waals surface area contributed by atoms with Crippen LogP contribution < -0.4 is 0 Å². The second-order valence-corrected chi connectivity index (χ2v) is 15.5. The lowest BCUT2D eigenvalue weighted by molar-refractivity contribution is -0.305. The van der Waals surface area contributed by atoms with E-state index < -0.39 is 55.4 Å². The van der Waals surface area contributed by atoms with Crippen LogP contribution in [0.3, 0.4) is 0 Å². The minimum absolute atomic E-state index is 0.203. The molecule has 0 amide bonds. The summed E-state index contributed by atoms with van der Waals surface area (Å²) in [7, 11) is 0. The second kappa shape index (κ2) is 37.9. The lowest BCUT2D eigenvalue weighted by atomic mass is 9.99. The molecule has 1 aliphatic rings. The molecule has 1 rings (SSSR count). The molecule has 0 bridgehead atoms. The third-order valence-electron chi connectivity index (χ3n) is 10.2. The molecule has 1 saturated heterocycles. The first-order valence-corrected chi connectivity index (χ1v) is 22.7. The Hall–Kier alpha value is -2.34. The summed E-state index contributed by atoms with van der Waals surface area (Å²) in [5, 5.41) is 40.1. The van der Waals surface area contributed by atoms with Crippen molar-refractivity contribution < 1.29 is 49.0 Å². The average Bonchev–Trinajstić information content (AvgIpc) is 3.21. The molecule has 0 spiro atoms. The Morgan fingerprint density at radius 2 is 1.05 bits per heavy atom. The van der Waals surface area contributed by atoms with Crippen molar-refractivity contribution in [2.75, 3.05) is 19.8 Å². The highest BCUT2D eigenvalue weighted by Crippen LogP contribution is 2.22. The van der Waals surface area contributed by atoms with Crippen LogP contribution in [-0.4, -0.2) is 89.0 Å². The van der Waals surface area contributed by atoms with E-state index in [1.165, 1.54) is 83.5 Å². The van der Waals surface area contributed by atoms with Gasteiger partial charge in [0, 0.05) is 12.8 Å². The van der Waals surface area contributed by atoms with Crippen LogP contribution in [-0.2, 0) is 28.5 Å². The molecule has 10 nitrogen and oxygen atoms in total. The van der Waals surface area contributed by atoms with Gasteiger partial charge in [-0.1, -0.05) is 152 Å². The molecule has 1 fully saturated rings. The number of ether oxygens (including phenoxy) is 4. The number of esters is 2. The van der Waals surface area contributed by atoms with Crippen molar-refractivity contribution >= 4 is 11.9 Å². The highest BCUT2D eigenvalue weighted by molar-refractivity contribution is 5.70. The Morgan fingerprint density at radius 1 is 0.561 bits per heavy atom. The maximum atomic E-state index is 12.8. The molecule has 2 unspecified atom stereocenters. The van der Waals surface area contributed by atoms with E-state index >= 15 is 0 Å². The third kappa shape index (κ3) is 29.5. The quantitative estimate of drug-likeness (QED) is 0.0207. The standard InChI is InChI=1S/C47H82O10/c1-3-5-7-9-11-13-15-17-19-20-22-23-25-27-29-31-33-35-42(49)54-38-40(39-55-47-46(53)45(52)44(51)41(37-48)57-47)56-43(50)36-34-32-30-28-26-24-21-18-16-14-12-10-8-6-4-2/h14,16,18,21-23,27,29,40-41,44-48,51-53H,3-13,15,17,19-20,24-26,28,30-39H2,1-2H3/b16-14+,21-18+,23-22+,29-27+/t40-,41-,44+,45?,46?,47-/m0/s1. The fourth-order valence-electron chi connectivity index (χ4n) is 6.57. The average molecular weight is 807 g/mol. The molecule has 0 aromatic carbocycles. The summed E-state index contributed by atoms with van der Waals surface area (Å²) < 4.78 is 22.1. The lowest BCUT2D eigenvalue weighted by Gasteiger charge is -2.39. The first-order valence-electron chi connectivity index (χ1n) is 22.7. The minimum Gasteiger partial charge on any atom is -0.462 e. The van der Waals surface area contributed by atoms with Gasteiger partial charge in [-0.25, -0.2) is 0 Å². The topological polar surface area (TPSA) is 152 Å². The Bertz CT molecular complexity index is 1070. The van der Waals surface area contributed by atoms with E-state index in [9.17, 15) is 30.0 Å². The minimum atomic E-state index is -1.60. The predicted molar refractivity (Wildman–Crippen MR) is 229 cm³/mol. The van der Waals surface area contributed by atoms with Crippen LogP contribution >= 0.6 is 0 Å². The van der Waals surface area contributed by atoms with Crippen LogP contribution in [0.15, 0.2) is 48.6 Å². The van der Waals surface area contributed by atoms with Gasteiger partial charge in [0.15, 0.2) is 12.4 Å². The first kappa shape index (κ1) is 52.7. The van der Waals surface area contributed by atoms with Gasteiger partial charge in [-0.2, -0.15) is 0 Å². The molecule has 1 aliphatic heterocycles. The molecule has 0 radical (unpaired) electrons. The first-order chi connectivity index (χ1) is 27.8. The second-order valence-electron chi connectivity index (χ2n) is 15.5. The number of hydrogen-bond acceptors (Lipinski definition) is 10. The summed E-state index contributed by atoms with van der Waals surface area (Å²) in [6.45, 7) is 3.34. The highest BCUT2D eigenvalue weighted by atomic mass is 16.7. The zero-order valence-electron chi connectivity index (χ0n) is 35.8. The largest absolute Gasteiger partial charge is 0.462 e. The van der Waals surface area contributed by atoms with Crippen LogP contribution in [0.1, 0.15) is 181 Å². The van der Waals surface area contributed by atoms with Gasteiger partial charge in [0.05, 0.1) is 13.2 Å². The molecule has 10 heteroatoms. The molecule has 6 atom stereocenters. The smallest absolute Gasteiger partial charge is 0.306 e. The number of hydrogen-bond donors (Lipinski definition) is 4. The van der Waals surface area contributed by atoms with E-state index in [2.05, 4.69) is 62.5 Å². The normalized spacial score (nSPS) is 20.7. The SMILES string of the molecule is CCCCCC/C=C/C=C/CCCCCCCC(=O)O[C@@H](COC(=O)CCC/C=C/C/C=C/CCCCCCCCCCC)CO[C@H]1O[C@@H](CO)[C@@H](O)C(O)C1O. The van der Waals surface area contributed by atoms with Gasteiger partial charge >= 0.3 is 11.9 Å². The molecule has 0 aromatic rings. The summed E-state index contributed by atoms with van der Waals surface area (Å²) >= 11 is 0. The summed E-state index contributed by atoms with van der Waals surface area (Å²) in [5.41, 5.74) is 0. The van der Waals surface area contributed by atoms with Crippen LogP contribution in [0.25, 0.3) is 0 Å². The van der Waals surface area contributed by atoms with Crippen LogP contribution in [0.4, 0.5) is 0 Å². The number of carbonyl (C=O) groups is 2. The van der Waals surface area contributed by atoms with Gasteiger partial charge in [0.25, 0.3) is 0 Å². The fraction of sp³-hybridized carbons (Fsp3) is 0.787. The molecule has 57 heavy (non-hydrogen) atoms. The number of rotatable bonds is 37. The highest BCUT2D eigenvalue weighted by Gasteiger charge is 2.44.